The van der Waals surface area contributed by atoms with Crippen LogP contribution in [0.1, 0.15) is 36.8 Å². The van der Waals surface area contributed by atoms with E-state index in [0.29, 0.717) is 12.1 Å². The lowest BCUT2D eigenvalue weighted by atomic mass is 9.56. The Labute approximate surface area is 310 Å². The number of carbonyl (C=O) groups excluding carboxylic acids is 4. The molecule has 16 heteroatoms. The molecular formula is C35H24Cl2F5IN2O6. The van der Waals surface area contributed by atoms with E-state index in [1.54, 1.807) is 52.9 Å². The Bertz CT molecular complexity index is 2110. The zero-order chi connectivity index (χ0) is 37.1. The molecule has 0 aromatic heterocycles. The number of hydrogen-bond acceptors (Lipinski definition) is 6. The van der Waals surface area contributed by atoms with Crippen molar-refractivity contribution < 1.29 is 51.0 Å². The molecule has 51 heavy (non-hydrogen) atoms. The van der Waals surface area contributed by atoms with Crippen molar-refractivity contribution in [1.29, 1.82) is 0 Å². The van der Waals surface area contributed by atoms with Gasteiger partial charge >= 0.3 is 0 Å². The second-order valence-corrected chi connectivity index (χ2v) is 15.2. The highest BCUT2D eigenvalue weighted by Crippen LogP contribution is 2.66. The van der Waals surface area contributed by atoms with Crippen LogP contribution in [-0.2, 0) is 25.6 Å². The van der Waals surface area contributed by atoms with Crippen molar-refractivity contribution in [3.63, 3.8) is 0 Å². The topological polar surface area (TPSA) is 104 Å². The summed E-state index contributed by atoms with van der Waals surface area (Å²) in [5.74, 6) is -21.7. The van der Waals surface area contributed by atoms with Gasteiger partial charge in [-0.1, -0.05) is 30.7 Å². The molecule has 1 N–H and O–H groups in total. The van der Waals surface area contributed by atoms with Gasteiger partial charge in [0.25, 0.3) is 11.8 Å². The summed E-state index contributed by atoms with van der Waals surface area (Å²) in [6.45, 7) is 1.94. The highest BCUT2D eigenvalue weighted by atomic mass is 127. The number of halogens is 8. The van der Waals surface area contributed by atoms with E-state index in [9.17, 15) is 37.5 Å². The summed E-state index contributed by atoms with van der Waals surface area (Å²) in [5.41, 5.74) is -0.224. The van der Waals surface area contributed by atoms with Gasteiger partial charge in [0.2, 0.25) is 17.6 Å². The summed E-state index contributed by atoms with van der Waals surface area (Å²) >= 11 is 16.1. The predicted octanol–water partition coefficient (Wildman–Crippen LogP) is 7.03. The molecule has 8 nitrogen and oxygen atoms in total. The average Bonchev–Trinajstić information content (AvgIpc) is 3.45. The van der Waals surface area contributed by atoms with E-state index < -0.39 is 98.2 Å². The molecule has 266 valence electrons. The first-order valence-corrected chi connectivity index (χ1v) is 17.4. The fourth-order valence-electron chi connectivity index (χ4n) is 7.99. The summed E-state index contributed by atoms with van der Waals surface area (Å²) in [7, 11) is 1.24. The van der Waals surface area contributed by atoms with E-state index >= 15 is 8.78 Å². The molecule has 6 atom stereocenters. The highest BCUT2D eigenvalue weighted by molar-refractivity contribution is 14.1. The fourth-order valence-corrected chi connectivity index (χ4v) is 9.55. The number of amides is 4. The Balaban J connectivity index is 1.44. The second-order valence-electron chi connectivity index (χ2n) is 12.8. The van der Waals surface area contributed by atoms with Crippen LogP contribution in [0.2, 0.25) is 0 Å². The quantitative estimate of drug-likeness (QED) is 0.0563. The van der Waals surface area contributed by atoms with E-state index in [4.69, 9.17) is 27.9 Å². The van der Waals surface area contributed by atoms with E-state index in [2.05, 4.69) is 0 Å². The summed E-state index contributed by atoms with van der Waals surface area (Å²) in [5, 5.41) is 10.6. The molecule has 1 saturated carbocycles. The van der Waals surface area contributed by atoms with Gasteiger partial charge < -0.3 is 9.84 Å². The van der Waals surface area contributed by atoms with Gasteiger partial charge in [-0.3, -0.25) is 24.1 Å². The first-order valence-electron chi connectivity index (χ1n) is 15.6. The van der Waals surface area contributed by atoms with Crippen LogP contribution in [0.5, 0.6) is 11.5 Å². The van der Waals surface area contributed by atoms with E-state index in [0.717, 1.165) is 10.5 Å². The minimum atomic E-state index is -2.70. The Morgan fingerprint density at radius 2 is 1.49 bits per heavy atom. The van der Waals surface area contributed by atoms with Gasteiger partial charge in [-0.05, 0) is 83.2 Å². The van der Waals surface area contributed by atoms with Crippen molar-refractivity contribution in [3.8, 4) is 11.5 Å². The van der Waals surface area contributed by atoms with E-state index in [1.165, 1.54) is 19.2 Å². The average molecular weight is 861 g/mol. The molecule has 3 aromatic rings. The summed E-state index contributed by atoms with van der Waals surface area (Å²) in [6.07, 6.45) is 1.65. The zero-order valence-corrected chi connectivity index (χ0v) is 30.0. The van der Waals surface area contributed by atoms with E-state index in [1.807, 2.05) is 6.92 Å². The number of allylic oxidation sites excluding steroid dienone is 2. The van der Waals surface area contributed by atoms with Gasteiger partial charge in [-0.15, -0.1) is 23.2 Å². The lowest BCUT2D eigenvalue weighted by Crippen LogP contribution is -2.60. The van der Waals surface area contributed by atoms with Crippen LogP contribution in [-0.4, -0.2) is 45.6 Å². The molecule has 2 aliphatic heterocycles. The molecule has 2 saturated heterocycles. The number of aryl methyl sites for hydroxylation is 1. The Kier molecular flexibility index (Phi) is 8.49. The molecule has 2 aliphatic carbocycles. The SMILES string of the molecule is CCc1ccc(N2C(=O)C3CC=C4C(CC5(Cl)C(=O)N(c6c(F)c(F)c(F)c(F)c6F)C(=O)C5(Cl)C4c4cc(I)c(O)c(OC)c4)C3C2=O)cc1. The summed E-state index contributed by atoms with van der Waals surface area (Å²) < 4.78 is 79.0. The van der Waals surface area contributed by atoms with Gasteiger partial charge in [0.1, 0.15) is 5.69 Å². The largest absolute Gasteiger partial charge is 0.504 e. The number of phenols is 1. The number of phenolic OH excluding ortho intramolecular Hbond substituents is 1. The number of anilines is 2. The van der Waals surface area contributed by atoms with Gasteiger partial charge in [-0.2, -0.15) is 0 Å². The second kappa shape index (κ2) is 12.2. The van der Waals surface area contributed by atoms with Crippen molar-refractivity contribution in [2.75, 3.05) is 16.9 Å². The number of aromatic hydroxyl groups is 1. The van der Waals surface area contributed by atoms with Crippen molar-refractivity contribution >= 4 is 80.8 Å². The smallest absolute Gasteiger partial charge is 0.258 e. The molecule has 6 unspecified atom stereocenters. The van der Waals surface area contributed by atoms with Crippen LogP contribution in [0.4, 0.5) is 33.3 Å². The maximum absolute atomic E-state index is 15.3. The number of hydrogen-bond donors (Lipinski definition) is 1. The van der Waals surface area contributed by atoms with Gasteiger partial charge in [0, 0.05) is 5.92 Å². The van der Waals surface area contributed by atoms with Crippen molar-refractivity contribution in [2.24, 2.45) is 17.8 Å². The number of imide groups is 2. The van der Waals surface area contributed by atoms with Gasteiger partial charge in [0.05, 0.1) is 28.2 Å². The summed E-state index contributed by atoms with van der Waals surface area (Å²) in [6, 6.07) is 9.47. The molecule has 3 aromatic carbocycles. The van der Waals surface area contributed by atoms with Crippen molar-refractivity contribution in [1.82, 2.24) is 0 Å². The van der Waals surface area contributed by atoms with Crippen LogP contribution >= 0.6 is 45.8 Å². The normalized spacial score (nSPS) is 28.5. The van der Waals surface area contributed by atoms with Crippen LogP contribution in [0.3, 0.4) is 0 Å². The minimum absolute atomic E-state index is 0.0147. The number of alkyl halides is 2. The first kappa shape index (κ1) is 35.6. The van der Waals surface area contributed by atoms with Crippen LogP contribution in [0.15, 0.2) is 48.0 Å². The first-order chi connectivity index (χ1) is 24.0. The molecule has 4 amide bonds. The van der Waals surface area contributed by atoms with Gasteiger partial charge in [-0.25, -0.2) is 26.9 Å². The van der Waals surface area contributed by atoms with Crippen molar-refractivity contribution in [3.05, 3.63) is 91.8 Å². The number of carbonyl (C=O) groups is 4. The third-order valence-corrected chi connectivity index (χ3v) is 12.7. The molecule has 7 rings (SSSR count). The van der Waals surface area contributed by atoms with Crippen LogP contribution < -0.4 is 14.5 Å². The van der Waals surface area contributed by atoms with Crippen LogP contribution in [0, 0.1) is 50.4 Å². The van der Waals surface area contributed by atoms with Crippen molar-refractivity contribution in [2.45, 2.75) is 41.9 Å². The highest BCUT2D eigenvalue weighted by Gasteiger charge is 2.77. The Morgan fingerprint density at radius 1 is 0.882 bits per heavy atom. The molecule has 4 aliphatic rings. The number of benzene rings is 3. The van der Waals surface area contributed by atoms with E-state index in [-0.39, 0.29) is 37.5 Å². The molecule has 0 spiro atoms. The lowest BCUT2D eigenvalue weighted by Gasteiger charge is -2.50. The molecule has 3 fully saturated rings. The number of ether oxygens (including phenoxy) is 1. The Hall–Kier alpha value is -3.76. The molecular weight excluding hydrogens is 837 g/mol. The monoisotopic (exact) mass is 860 g/mol. The zero-order valence-electron chi connectivity index (χ0n) is 26.4. The number of fused-ring (bicyclic) bond motifs is 4. The number of nitrogens with zero attached hydrogens (tertiary/aromatic N) is 2. The minimum Gasteiger partial charge on any atom is -0.504 e. The summed E-state index contributed by atoms with van der Waals surface area (Å²) in [4.78, 5) is 52.4. The van der Waals surface area contributed by atoms with Gasteiger partial charge in [0.15, 0.2) is 44.5 Å². The third kappa shape index (κ3) is 4.67. The lowest BCUT2D eigenvalue weighted by molar-refractivity contribution is -0.125. The number of rotatable bonds is 5. The molecule has 0 radical (unpaired) electrons. The molecule has 0 bridgehead atoms. The Morgan fingerprint density at radius 3 is 2.08 bits per heavy atom. The fraction of sp³-hybridized carbons (Fsp3) is 0.314. The maximum atomic E-state index is 15.3. The maximum Gasteiger partial charge on any atom is 0.258 e. The van der Waals surface area contributed by atoms with Crippen LogP contribution in [0.25, 0.3) is 0 Å². The molecule has 2 heterocycles. The predicted molar refractivity (Wildman–Crippen MR) is 182 cm³/mol. The third-order valence-electron chi connectivity index (χ3n) is 10.4. The standard InChI is InChI=1S/C35H24Cl2F5IN2O6/c1-3-13-4-6-15(7-5-13)44-30(47)17-9-8-16-18(21(17)31(44)48)12-34(36)32(49)45(28-26(41)24(39)23(38)25(40)27(28)42)33(50)35(34,37)22(16)14-10-19(43)29(46)20(11-14)51-2/h4-8,10-11,17-18,21-22,46H,3,9,12H2,1-2H3. The number of methoxy groups -OCH3 is 1.